The van der Waals surface area contributed by atoms with Crippen LogP contribution in [0.1, 0.15) is 53.4 Å². The van der Waals surface area contributed by atoms with Gasteiger partial charge in [0.05, 0.1) is 0 Å². The summed E-state index contributed by atoms with van der Waals surface area (Å²) in [6.45, 7) is 5.70. The summed E-state index contributed by atoms with van der Waals surface area (Å²) in [4.78, 5) is 23.7. The number of aliphatic hydroxyl groups is 2. The van der Waals surface area contributed by atoms with E-state index in [1.54, 1.807) is 0 Å². The van der Waals surface area contributed by atoms with E-state index >= 15 is 0 Å². The standard InChI is InChI=1S/C14H26N2O4/c1-13(2,19)11(17)15-9-7-5-6-8-10(9)16-12(18)14(3,4)20/h9-10,19-20H,5-8H2,1-4H3,(H,15,17)(H,16,18). The van der Waals surface area contributed by atoms with Crippen LogP contribution in [0.4, 0.5) is 0 Å². The molecule has 1 aliphatic rings. The number of carbonyl (C=O) groups is 2. The van der Waals surface area contributed by atoms with Crippen LogP contribution in [-0.4, -0.2) is 45.3 Å². The molecule has 6 heteroatoms. The second-order valence-corrected chi connectivity index (χ2v) is 6.56. The largest absolute Gasteiger partial charge is 0.381 e. The number of hydrogen-bond donors (Lipinski definition) is 4. The molecule has 6 nitrogen and oxygen atoms in total. The molecule has 0 saturated heterocycles. The Morgan fingerprint density at radius 3 is 1.40 bits per heavy atom. The molecule has 0 radical (unpaired) electrons. The van der Waals surface area contributed by atoms with Gasteiger partial charge in [-0.3, -0.25) is 9.59 Å². The Balaban J connectivity index is 2.68. The van der Waals surface area contributed by atoms with Crippen molar-refractivity contribution in [2.75, 3.05) is 0 Å². The summed E-state index contributed by atoms with van der Waals surface area (Å²) < 4.78 is 0. The fraction of sp³-hybridized carbons (Fsp3) is 0.857. The molecular formula is C14H26N2O4. The number of nitrogens with one attached hydrogen (secondary N) is 2. The van der Waals surface area contributed by atoms with Crippen molar-refractivity contribution in [2.24, 2.45) is 0 Å². The molecule has 4 N–H and O–H groups in total. The third-order valence-electron chi connectivity index (χ3n) is 3.51. The quantitative estimate of drug-likeness (QED) is 0.588. The normalized spacial score (nSPS) is 24.1. The summed E-state index contributed by atoms with van der Waals surface area (Å²) in [7, 11) is 0. The number of hydrogen-bond acceptors (Lipinski definition) is 4. The minimum absolute atomic E-state index is 0.214. The summed E-state index contributed by atoms with van der Waals surface area (Å²) in [5.74, 6) is -0.904. The van der Waals surface area contributed by atoms with Crippen LogP contribution in [0.25, 0.3) is 0 Å². The van der Waals surface area contributed by atoms with Crippen molar-refractivity contribution in [2.45, 2.75) is 76.7 Å². The molecular weight excluding hydrogens is 260 g/mol. The Morgan fingerprint density at radius 1 is 0.850 bits per heavy atom. The highest BCUT2D eigenvalue weighted by Crippen LogP contribution is 2.20. The van der Waals surface area contributed by atoms with E-state index in [4.69, 9.17) is 0 Å². The van der Waals surface area contributed by atoms with Crippen LogP contribution in [0.3, 0.4) is 0 Å². The van der Waals surface area contributed by atoms with Crippen LogP contribution in [0.15, 0.2) is 0 Å². The Hall–Kier alpha value is -1.14. The van der Waals surface area contributed by atoms with Crippen molar-refractivity contribution in [1.29, 1.82) is 0 Å². The van der Waals surface area contributed by atoms with Gasteiger partial charge in [0.1, 0.15) is 11.2 Å². The first kappa shape index (κ1) is 16.9. The van der Waals surface area contributed by atoms with Crippen LogP contribution >= 0.6 is 0 Å². The van der Waals surface area contributed by atoms with Crippen LogP contribution in [0, 0.1) is 0 Å². The number of carbonyl (C=O) groups excluding carboxylic acids is 2. The first-order valence-electron chi connectivity index (χ1n) is 7.08. The predicted molar refractivity (Wildman–Crippen MR) is 74.9 cm³/mol. The monoisotopic (exact) mass is 286 g/mol. The second kappa shape index (κ2) is 6.10. The lowest BCUT2D eigenvalue weighted by Gasteiger charge is -2.35. The van der Waals surface area contributed by atoms with Crippen LogP contribution in [0.2, 0.25) is 0 Å². The van der Waals surface area contributed by atoms with E-state index in [-0.39, 0.29) is 12.1 Å². The zero-order valence-electron chi connectivity index (χ0n) is 12.7. The molecule has 0 aromatic carbocycles. The van der Waals surface area contributed by atoms with E-state index in [0.29, 0.717) is 0 Å². The van der Waals surface area contributed by atoms with Gasteiger partial charge in [0.2, 0.25) is 0 Å². The van der Waals surface area contributed by atoms with Crippen LogP contribution in [-0.2, 0) is 9.59 Å². The van der Waals surface area contributed by atoms with Gasteiger partial charge in [0, 0.05) is 12.1 Å². The highest BCUT2D eigenvalue weighted by molar-refractivity contribution is 5.85. The van der Waals surface area contributed by atoms with Crippen LogP contribution < -0.4 is 10.6 Å². The molecule has 1 rings (SSSR count). The van der Waals surface area contributed by atoms with Crippen molar-refractivity contribution in [1.82, 2.24) is 10.6 Å². The third kappa shape index (κ3) is 4.76. The molecule has 2 atom stereocenters. The number of rotatable bonds is 4. The maximum Gasteiger partial charge on any atom is 0.251 e. The first-order valence-corrected chi connectivity index (χ1v) is 7.08. The average Bonchev–Trinajstić information content (AvgIpc) is 2.29. The fourth-order valence-electron chi connectivity index (χ4n) is 2.17. The summed E-state index contributed by atoms with van der Waals surface area (Å²) >= 11 is 0. The molecule has 116 valence electrons. The summed E-state index contributed by atoms with van der Waals surface area (Å²) in [5, 5.41) is 24.9. The van der Waals surface area contributed by atoms with Gasteiger partial charge in [-0.05, 0) is 40.5 Å². The smallest absolute Gasteiger partial charge is 0.251 e. The van der Waals surface area contributed by atoms with Gasteiger partial charge in [-0.1, -0.05) is 12.8 Å². The fourth-order valence-corrected chi connectivity index (χ4v) is 2.17. The molecule has 0 aromatic heterocycles. The van der Waals surface area contributed by atoms with Crippen molar-refractivity contribution >= 4 is 11.8 Å². The minimum Gasteiger partial charge on any atom is -0.381 e. The highest BCUT2D eigenvalue weighted by Gasteiger charge is 2.34. The van der Waals surface area contributed by atoms with Crippen LogP contribution in [0.5, 0.6) is 0 Å². The molecule has 0 aromatic rings. The maximum absolute atomic E-state index is 11.8. The molecule has 20 heavy (non-hydrogen) atoms. The molecule has 0 spiro atoms. The summed E-state index contributed by atoms with van der Waals surface area (Å²) in [5.41, 5.74) is -2.88. The highest BCUT2D eigenvalue weighted by atomic mass is 16.3. The number of amides is 2. The van der Waals surface area contributed by atoms with E-state index in [1.165, 1.54) is 27.7 Å². The van der Waals surface area contributed by atoms with E-state index in [0.717, 1.165) is 25.7 Å². The lowest BCUT2D eigenvalue weighted by molar-refractivity contribution is -0.140. The zero-order valence-corrected chi connectivity index (χ0v) is 12.7. The van der Waals surface area contributed by atoms with Gasteiger partial charge < -0.3 is 20.8 Å². The molecule has 0 aliphatic heterocycles. The summed E-state index contributed by atoms with van der Waals surface area (Å²) in [6.07, 6.45) is 3.43. The minimum atomic E-state index is -1.44. The topological polar surface area (TPSA) is 98.7 Å². The van der Waals surface area contributed by atoms with Crippen molar-refractivity contribution in [3.63, 3.8) is 0 Å². The average molecular weight is 286 g/mol. The molecule has 2 unspecified atom stereocenters. The molecule has 1 aliphatic carbocycles. The van der Waals surface area contributed by atoms with Gasteiger partial charge in [-0.25, -0.2) is 0 Å². The van der Waals surface area contributed by atoms with E-state index in [2.05, 4.69) is 10.6 Å². The molecule has 1 fully saturated rings. The van der Waals surface area contributed by atoms with Gasteiger partial charge in [-0.2, -0.15) is 0 Å². The lowest BCUT2D eigenvalue weighted by Crippen LogP contribution is -2.58. The van der Waals surface area contributed by atoms with E-state index in [9.17, 15) is 19.8 Å². The van der Waals surface area contributed by atoms with Gasteiger partial charge in [-0.15, -0.1) is 0 Å². The Bertz CT molecular complexity index is 332. The molecule has 2 amide bonds. The third-order valence-corrected chi connectivity index (χ3v) is 3.51. The van der Waals surface area contributed by atoms with Crippen molar-refractivity contribution < 1.29 is 19.8 Å². The van der Waals surface area contributed by atoms with Crippen molar-refractivity contribution in [3.05, 3.63) is 0 Å². The van der Waals surface area contributed by atoms with E-state index in [1.807, 2.05) is 0 Å². The first-order chi connectivity index (χ1) is 9.01. The van der Waals surface area contributed by atoms with Gasteiger partial charge in [0.15, 0.2) is 0 Å². The Labute approximate surface area is 119 Å². The molecule has 0 heterocycles. The van der Waals surface area contributed by atoms with Gasteiger partial charge >= 0.3 is 0 Å². The predicted octanol–water partition coefficient (Wildman–Crippen LogP) is 0.0718. The second-order valence-electron chi connectivity index (χ2n) is 6.56. The molecule has 0 bridgehead atoms. The van der Waals surface area contributed by atoms with Crippen molar-refractivity contribution in [3.8, 4) is 0 Å². The van der Waals surface area contributed by atoms with E-state index < -0.39 is 23.0 Å². The van der Waals surface area contributed by atoms with Gasteiger partial charge in [0.25, 0.3) is 11.8 Å². The summed E-state index contributed by atoms with van der Waals surface area (Å²) in [6, 6.07) is -0.428. The Kier molecular flexibility index (Phi) is 5.15. The zero-order chi connectivity index (χ0) is 15.6. The maximum atomic E-state index is 11.8. The molecule has 1 saturated carbocycles. The Morgan fingerprint density at radius 2 is 1.15 bits per heavy atom. The lowest BCUT2D eigenvalue weighted by atomic mass is 9.89. The SMILES string of the molecule is CC(C)(O)C(=O)NC1CCCCC1NC(=O)C(C)(C)O.